The number of fused-ring (bicyclic) bond motifs is 4. The zero-order valence-corrected chi connectivity index (χ0v) is 19.8. The van der Waals surface area contributed by atoms with Crippen molar-refractivity contribution >= 4 is 22.0 Å². The normalized spacial score (nSPS) is 17.3. The van der Waals surface area contributed by atoms with Gasteiger partial charge in [-0.2, -0.15) is 17.6 Å². The third kappa shape index (κ3) is 4.07. The number of hydrogen-bond acceptors (Lipinski definition) is 7. The molecule has 0 amide bonds. The average Bonchev–Trinajstić information content (AvgIpc) is 3.23. The van der Waals surface area contributed by atoms with Crippen molar-refractivity contribution in [2.45, 2.75) is 5.54 Å². The van der Waals surface area contributed by atoms with Crippen molar-refractivity contribution in [3.05, 3.63) is 75.3 Å². The van der Waals surface area contributed by atoms with Gasteiger partial charge in [-0.1, -0.05) is 15.9 Å². The monoisotopic (exact) mass is 556 g/mol. The number of nitrogens with zero attached hydrogens (tertiary/aromatic N) is 1. The number of phenols is 1. The first-order valence-electron chi connectivity index (χ1n) is 9.86. The highest BCUT2D eigenvalue weighted by Crippen LogP contribution is 2.53. The maximum atomic E-state index is 14.5. The highest BCUT2D eigenvalue weighted by atomic mass is 79.9. The molecule has 0 aliphatic carbocycles. The van der Waals surface area contributed by atoms with Gasteiger partial charge in [0.1, 0.15) is 12.4 Å². The second-order valence-electron chi connectivity index (χ2n) is 7.34. The highest BCUT2D eigenvalue weighted by Gasteiger charge is 2.49. The van der Waals surface area contributed by atoms with Gasteiger partial charge in [-0.15, -0.1) is 0 Å². The van der Waals surface area contributed by atoms with Gasteiger partial charge in [-0.3, -0.25) is 0 Å². The van der Waals surface area contributed by atoms with Gasteiger partial charge in [-0.25, -0.2) is 4.99 Å². The number of aromatic hydroxyl groups is 1. The molecule has 12 heteroatoms. The molecule has 184 valence electrons. The van der Waals surface area contributed by atoms with Crippen molar-refractivity contribution in [3.63, 3.8) is 0 Å². The van der Waals surface area contributed by atoms with Crippen molar-refractivity contribution in [2.24, 2.45) is 10.7 Å². The summed E-state index contributed by atoms with van der Waals surface area (Å²) in [5, 5.41) is 8.65. The van der Waals surface area contributed by atoms with E-state index in [9.17, 15) is 17.6 Å². The molecule has 0 fully saturated rings. The Labute approximate surface area is 204 Å². The van der Waals surface area contributed by atoms with Crippen LogP contribution in [-0.2, 0) is 10.3 Å². The summed E-state index contributed by atoms with van der Waals surface area (Å²) >= 11 is 3.40. The standard InChI is InChI=1S/C16H11BrF2N2O3.C7H6F2O2/c1-22-11-5-9-14(13(19)12(11)18)24-10-3-2-7(17)4-8(10)16(9)6-23-15(20)21-16;1-11-5-3-2-4(10)6(8)7(5)9/h2-5H,6H2,1H3,(H2,20,21);2-3,10H,1H3. The van der Waals surface area contributed by atoms with E-state index >= 15 is 0 Å². The predicted octanol–water partition coefficient (Wildman–Crippen LogP) is 5.11. The van der Waals surface area contributed by atoms with E-state index in [1.165, 1.54) is 20.3 Å². The molecular formula is C23H17BrF4N2O5. The first kappa shape index (κ1) is 24.5. The predicted molar refractivity (Wildman–Crippen MR) is 120 cm³/mol. The molecule has 0 saturated carbocycles. The van der Waals surface area contributed by atoms with E-state index in [0.29, 0.717) is 16.9 Å². The molecule has 0 aromatic heterocycles. The number of nitrogens with two attached hydrogens (primary N) is 1. The third-order valence-corrected chi connectivity index (χ3v) is 5.86. The van der Waals surface area contributed by atoms with Crippen LogP contribution in [0.5, 0.6) is 28.7 Å². The van der Waals surface area contributed by atoms with Crippen LogP contribution < -0.4 is 19.9 Å². The largest absolute Gasteiger partial charge is 0.505 e. The minimum absolute atomic E-state index is 0.0301. The van der Waals surface area contributed by atoms with Crippen LogP contribution >= 0.6 is 15.9 Å². The fraction of sp³-hybridized carbons (Fsp3) is 0.174. The van der Waals surface area contributed by atoms with E-state index in [4.69, 9.17) is 25.1 Å². The molecule has 0 radical (unpaired) electrons. The molecule has 7 nitrogen and oxygen atoms in total. The van der Waals surface area contributed by atoms with E-state index in [1.54, 1.807) is 18.2 Å². The molecule has 3 N–H and O–H groups in total. The van der Waals surface area contributed by atoms with Crippen LogP contribution in [0.3, 0.4) is 0 Å². The van der Waals surface area contributed by atoms with Gasteiger partial charge < -0.3 is 29.8 Å². The second-order valence-corrected chi connectivity index (χ2v) is 8.26. The molecule has 1 atom stereocenters. The molecular weight excluding hydrogens is 540 g/mol. The quantitative estimate of drug-likeness (QED) is 0.426. The zero-order chi connectivity index (χ0) is 25.5. The van der Waals surface area contributed by atoms with Gasteiger partial charge in [0.2, 0.25) is 23.3 Å². The second kappa shape index (κ2) is 9.17. The van der Waals surface area contributed by atoms with Crippen LogP contribution in [0.1, 0.15) is 11.1 Å². The highest BCUT2D eigenvalue weighted by molar-refractivity contribution is 9.10. The Kier molecular flexibility index (Phi) is 6.41. The van der Waals surface area contributed by atoms with E-state index in [2.05, 4.69) is 25.7 Å². The van der Waals surface area contributed by atoms with Crippen LogP contribution in [0, 0.1) is 23.3 Å². The third-order valence-electron chi connectivity index (χ3n) is 5.37. The van der Waals surface area contributed by atoms with Gasteiger partial charge in [0.25, 0.3) is 6.02 Å². The summed E-state index contributed by atoms with van der Waals surface area (Å²) in [6.45, 7) is 0.0485. The summed E-state index contributed by atoms with van der Waals surface area (Å²) in [5.74, 6) is -5.80. The van der Waals surface area contributed by atoms with E-state index < -0.39 is 34.6 Å². The lowest BCUT2D eigenvalue weighted by Gasteiger charge is -2.33. The molecule has 35 heavy (non-hydrogen) atoms. The number of benzene rings is 3. The maximum Gasteiger partial charge on any atom is 0.283 e. The molecule has 3 aromatic rings. The maximum absolute atomic E-state index is 14.5. The molecule has 3 aromatic carbocycles. The molecule has 0 saturated heterocycles. The molecule has 1 spiro atoms. The Hall–Kier alpha value is -3.67. The number of rotatable bonds is 2. The lowest BCUT2D eigenvalue weighted by Crippen LogP contribution is -2.31. The van der Waals surface area contributed by atoms with Crippen LogP contribution in [-0.4, -0.2) is 32.0 Å². The topological polar surface area (TPSA) is 95.5 Å². The van der Waals surface area contributed by atoms with Crippen LogP contribution in [0.4, 0.5) is 17.6 Å². The molecule has 2 aliphatic rings. The molecule has 2 aliphatic heterocycles. The lowest BCUT2D eigenvalue weighted by atomic mass is 9.81. The van der Waals surface area contributed by atoms with E-state index in [-0.39, 0.29) is 29.9 Å². The van der Waals surface area contributed by atoms with Gasteiger partial charge >= 0.3 is 0 Å². The lowest BCUT2D eigenvalue weighted by molar-refractivity contribution is 0.258. The van der Waals surface area contributed by atoms with Gasteiger partial charge in [0.15, 0.2) is 28.5 Å². The van der Waals surface area contributed by atoms with E-state index in [0.717, 1.165) is 16.6 Å². The summed E-state index contributed by atoms with van der Waals surface area (Å²) < 4.78 is 74.8. The van der Waals surface area contributed by atoms with Crippen molar-refractivity contribution in [1.29, 1.82) is 0 Å². The minimum atomic E-state index is -1.29. The fourth-order valence-electron chi connectivity index (χ4n) is 3.70. The summed E-state index contributed by atoms with van der Waals surface area (Å²) in [6, 6.07) is 8.68. The summed E-state index contributed by atoms with van der Waals surface area (Å²) in [6.07, 6.45) is 0. The molecule has 2 heterocycles. The van der Waals surface area contributed by atoms with Gasteiger partial charge in [0.05, 0.1) is 14.2 Å². The first-order chi connectivity index (χ1) is 16.6. The Morgan fingerprint density at radius 3 is 2.26 bits per heavy atom. The molecule has 1 unspecified atom stereocenters. The molecule has 0 bridgehead atoms. The smallest absolute Gasteiger partial charge is 0.283 e. The SMILES string of the molecule is COc1cc2c(c(F)c1F)Oc1ccc(Br)cc1C21COC(N)=N1.COc1ccc(O)c(F)c1F. The van der Waals surface area contributed by atoms with Crippen molar-refractivity contribution in [2.75, 3.05) is 20.8 Å². The van der Waals surface area contributed by atoms with Crippen molar-refractivity contribution in [3.8, 4) is 28.7 Å². The number of methoxy groups -OCH3 is 2. The van der Waals surface area contributed by atoms with Crippen molar-refractivity contribution < 1.29 is 41.6 Å². The number of hydrogen-bond donors (Lipinski definition) is 2. The minimum Gasteiger partial charge on any atom is -0.505 e. The fourth-order valence-corrected chi connectivity index (χ4v) is 4.06. The van der Waals surface area contributed by atoms with Gasteiger partial charge in [0, 0.05) is 15.6 Å². The molecule has 5 rings (SSSR count). The summed E-state index contributed by atoms with van der Waals surface area (Å²) in [7, 11) is 2.48. The van der Waals surface area contributed by atoms with Crippen LogP contribution in [0.15, 0.2) is 45.9 Å². The number of ether oxygens (including phenoxy) is 4. The first-order valence-corrected chi connectivity index (χ1v) is 10.7. The Balaban J connectivity index is 0.000000221. The van der Waals surface area contributed by atoms with Crippen LogP contribution in [0.25, 0.3) is 0 Å². The summed E-state index contributed by atoms with van der Waals surface area (Å²) in [4.78, 5) is 4.38. The number of amidine groups is 1. The Bertz CT molecular complexity index is 1350. The van der Waals surface area contributed by atoms with Gasteiger partial charge in [-0.05, 0) is 36.4 Å². The van der Waals surface area contributed by atoms with Crippen molar-refractivity contribution in [1.82, 2.24) is 0 Å². The van der Waals surface area contributed by atoms with E-state index in [1.807, 2.05) is 0 Å². The number of phenolic OH excluding ortho intramolecular Hbond substituents is 1. The number of halogens is 5. The number of aliphatic imine (C=N–C) groups is 1. The Morgan fingerprint density at radius 1 is 0.943 bits per heavy atom. The van der Waals surface area contributed by atoms with Crippen LogP contribution in [0.2, 0.25) is 0 Å². The zero-order valence-electron chi connectivity index (χ0n) is 18.2. The Morgan fingerprint density at radius 2 is 1.63 bits per heavy atom. The summed E-state index contributed by atoms with van der Waals surface area (Å²) in [5.41, 5.74) is 5.51. The average molecular weight is 557 g/mol.